The van der Waals surface area contributed by atoms with Gasteiger partial charge in [-0.25, -0.2) is 0 Å². The van der Waals surface area contributed by atoms with Crippen molar-refractivity contribution in [2.45, 2.75) is 10.0 Å². The second-order valence-corrected chi connectivity index (χ2v) is 4.17. The molecule has 0 radical (unpaired) electrons. The molecule has 1 unspecified atom stereocenters. The Morgan fingerprint density at radius 2 is 2.20 bits per heavy atom. The van der Waals surface area contributed by atoms with Gasteiger partial charge < -0.3 is 10.1 Å². The average Bonchev–Trinajstić information content (AvgIpc) is 2.11. The fourth-order valence-electron chi connectivity index (χ4n) is 0.565. The van der Waals surface area contributed by atoms with Crippen molar-refractivity contribution < 1.29 is 9.53 Å². The summed E-state index contributed by atoms with van der Waals surface area (Å²) < 4.78 is 3.20. The van der Waals surface area contributed by atoms with Gasteiger partial charge in [-0.05, 0) is 0 Å². The Balaban J connectivity index is 2.53. The van der Waals surface area contributed by atoms with Crippen LogP contribution in [0.15, 0.2) is 0 Å². The van der Waals surface area contributed by atoms with Crippen LogP contribution in [0.2, 0.25) is 0 Å². The van der Waals surface area contributed by atoms with Crippen LogP contribution in [-0.2, 0) is 9.53 Å². The number of hydrogen-bond acceptors (Lipinski definition) is 2. The maximum absolute atomic E-state index is 10.5. The van der Waals surface area contributed by atoms with Crippen LogP contribution in [0.5, 0.6) is 0 Å². The van der Waals surface area contributed by atoms with Crippen LogP contribution in [0.1, 0.15) is 0 Å². The summed E-state index contributed by atoms with van der Waals surface area (Å²) in [5.41, 5.74) is 0. The van der Waals surface area contributed by atoms with Crippen LogP contribution in [0.4, 0.5) is 0 Å². The van der Waals surface area contributed by atoms with Crippen LogP contribution in [0.25, 0.3) is 0 Å². The van der Waals surface area contributed by atoms with Crippen molar-refractivity contribution in [3.05, 3.63) is 0 Å². The zero-order chi connectivity index (χ0) is 7.78. The van der Waals surface area contributed by atoms with Gasteiger partial charge in [0.25, 0.3) is 0 Å². The minimum atomic E-state index is -1.58. The molecule has 10 heavy (non-hydrogen) atoms. The lowest BCUT2D eigenvalue weighted by molar-refractivity contribution is -0.119. The van der Waals surface area contributed by atoms with Gasteiger partial charge in [0.2, 0.25) is 9.70 Å². The Bertz CT molecular complexity index is 155. The molecule has 1 heterocycles. The molecule has 0 aliphatic carbocycles. The SMILES string of the molecule is O=C1COC(C(Cl)(Cl)Cl)N1. The first-order valence-electron chi connectivity index (χ1n) is 2.48. The molecule has 1 N–H and O–H groups in total. The summed E-state index contributed by atoms with van der Waals surface area (Å²) in [6, 6.07) is 0. The standard InChI is InChI=1S/C4H4Cl3NO2/c5-4(6,7)3-8-2(9)1-10-3/h3H,1H2,(H,8,9). The highest BCUT2D eigenvalue weighted by Crippen LogP contribution is 2.32. The molecule has 0 spiro atoms. The fraction of sp³-hybridized carbons (Fsp3) is 0.750. The lowest BCUT2D eigenvalue weighted by Crippen LogP contribution is -2.37. The Morgan fingerprint density at radius 1 is 1.60 bits per heavy atom. The van der Waals surface area contributed by atoms with Gasteiger partial charge in [-0.3, -0.25) is 4.79 Å². The van der Waals surface area contributed by atoms with E-state index in [1.165, 1.54) is 0 Å². The molecule has 58 valence electrons. The van der Waals surface area contributed by atoms with Crippen LogP contribution in [0, 0.1) is 0 Å². The van der Waals surface area contributed by atoms with Crippen LogP contribution < -0.4 is 5.32 Å². The molecule has 1 amide bonds. The zero-order valence-electron chi connectivity index (χ0n) is 4.73. The van der Waals surface area contributed by atoms with Gasteiger partial charge >= 0.3 is 0 Å². The van der Waals surface area contributed by atoms with E-state index in [0.717, 1.165) is 0 Å². The van der Waals surface area contributed by atoms with Crippen molar-refractivity contribution >= 4 is 40.7 Å². The highest BCUT2D eigenvalue weighted by Gasteiger charge is 2.38. The second-order valence-electron chi connectivity index (χ2n) is 1.80. The first-order valence-corrected chi connectivity index (χ1v) is 3.61. The highest BCUT2D eigenvalue weighted by molar-refractivity contribution is 6.68. The topological polar surface area (TPSA) is 38.3 Å². The predicted octanol–water partition coefficient (Wildman–Crippen LogP) is 0.829. The van der Waals surface area contributed by atoms with Crippen molar-refractivity contribution in [1.82, 2.24) is 5.32 Å². The molecule has 1 rings (SSSR count). The van der Waals surface area contributed by atoms with Gasteiger partial charge in [-0.1, -0.05) is 34.8 Å². The van der Waals surface area contributed by atoms with Gasteiger partial charge in [0.05, 0.1) is 0 Å². The largest absolute Gasteiger partial charge is 0.344 e. The molecule has 1 atom stereocenters. The van der Waals surface area contributed by atoms with Gasteiger partial charge in [0, 0.05) is 0 Å². The first-order chi connectivity index (χ1) is 4.50. The van der Waals surface area contributed by atoms with Crippen molar-refractivity contribution in [2.75, 3.05) is 6.61 Å². The van der Waals surface area contributed by atoms with E-state index in [-0.39, 0.29) is 12.5 Å². The summed E-state index contributed by atoms with van der Waals surface area (Å²) in [5.74, 6) is -0.267. The molecule has 0 aromatic heterocycles. The Labute approximate surface area is 72.6 Å². The van der Waals surface area contributed by atoms with E-state index < -0.39 is 10.0 Å². The van der Waals surface area contributed by atoms with Gasteiger partial charge in [0.1, 0.15) is 6.61 Å². The van der Waals surface area contributed by atoms with Gasteiger partial charge in [0.15, 0.2) is 6.23 Å². The normalized spacial score (nSPS) is 26.7. The number of nitrogens with one attached hydrogen (secondary N) is 1. The van der Waals surface area contributed by atoms with Gasteiger partial charge in [-0.2, -0.15) is 0 Å². The van der Waals surface area contributed by atoms with E-state index in [0.29, 0.717) is 0 Å². The summed E-state index contributed by atoms with van der Waals surface area (Å²) in [6.07, 6.45) is -0.815. The molecule has 0 bridgehead atoms. The van der Waals surface area contributed by atoms with Crippen LogP contribution >= 0.6 is 34.8 Å². The third-order valence-corrected chi connectivity index (χ3v) is 1.57. The number of carbonyl (C=O) groups excluding carboxylic acids is 1. The van der Waals surface area contributed by atoms with E-state index in [1.54, 1.807) is 0 Å². The maximum Gasteiger partial charge on any atom is 0.248 e. The quantitative estimate of drug-likeness (QED) is 0.594. The molecule has 3 nitrogen and oxygen atoms in total. The Hall–Kier alpha value is 0.300. The number of rotatable bonds is 0. The number of ether oxygens (including phenoxy) is 1. The van der Waals surface area contributed by atoms with E-state index in [1.807, 2.05) is 0 Å². The van der Waals surface area contributed by atoms with Crippen molar-refractivity contribution in [3.8, 4) is 0 Å². The number of hydrogen-bond donors (Lipinski definition) is 1. The molecular formula is C4H4Cl3NO2. The van der Waals surface area contributed by atoms with Crippen molar-refractivity contribution in [3.63, 3.8) is 0 Å². The van der Waals surface area contributed by atoms with E-state index in [9.17, 15) is 4.79 Å². The Morgan fingerprint density at radius 3 is 2.40 bits per heavy atom. The van der Waals surface area contributed by atoms with Crippen LogP contribution in [-0.4, -0.2) is 22.5 Å². The van der Waals surface area contributed by atoms with E-state index in [2.05, 4.69) is 5.32 Å². The summed E-state index contributed by atoms with van der Waals surface area (Å²) >= 11 is 16.2. The zero-order valence-corrected chi connectivity index (χ0v) is 7.00. The van der Waals surface area contributed by atoms with Gasteiger partial charge in [-0.15, -0.1) is 0 Å². The third-order valence-electron chi connectivity index (χ3n) is 0.970. The summed E-state index contributed by atoms with van der Waals surface area (Å²) in [6.45, 7) is -0.0431. The highest BCUT2D eigenvalue weighted by atomic mass is 35.6. The second kappa shape index (κ2) is 2.74. The molecular weight excluding hydrogens is 200 g/mol. The third kappa shape index (κ3) is 1.89. The van der Waals surface area contributed by atoms with E-state index >= 15 is 0 Å². The number of alkyl halides is 3. The predicted molar refractivity (Wildman–Crippen MR) is 38.2 cm³/mol. The summed E-state index contributed by atoms with van der Waals surface area (Å²) in [5, 5.41) is 2.34. The maximum atomic E-state index is 10.5. The monoisotopic (exact) mass is 203 g/mol. The molecule has 0 aromatic rings. The number of halogens is 3. The minimum Gasteiger partial charge on any atom is -0.344 e. The van der Waals surface area contributed by atoms with Crippen molar-refractivity contribution in [1.29, 1.82) is 0 Å². The van der Waals surface area contributed by atoms with Crippen LogP contribution in [0.3, 0.4) is 0 Å². The minimum absolute atomic E-state index is 0.0431. The molecule has 1 aliphatic rings. The lowest BCUT2D eigenvalue weighted by atomic mass is 10.6. The lowest BCUT2D eigenvalue weighted by Gasteiger charge is -2.17. The van der Waals surface area contributed by atoms with E-state index in [4.69, 9.17) is 39.5 Å². The average molecular weight is 204 g/mol. The number of carbonyl (C=O) groups is 1. The molecule has 1 fully saturated rings. The molecule has 6 heteroatoms. The number of amides is 1. The smallest absolute Gasteiger partial charge is 0.248 e. The molecule has 1 aliphatic heterocycles. The first kappa shape index (κ1) is 8.40. The fourth-order valence-corrected chi connectivity index (χ4v) is 0.918. The molecule has 0 saturated carbocycles. The van der Waals surface area contributed by atoms with Crippen molar-refractivity contribution in [2.24, 2.45) is 0 Å². The Kier molecular flexibility index (Phi) is 2.30. The summed E-state index contributed by atoms with van der Waals surface area (Å²) in [4.78, 5) is 10.5. The molecule has 0 aromatic carbocycles. The molecule has 1 saturated heterocycles. The summed E-state index contributed by atoms with van der Waals surface area (Å²) in [7, 11) is 0.